The second-order valence-electron chi connectivity index (χ2n) is 12.6. The highest BCUT2D eigenvalue weighted by Crippen LogP contribution is 2.56. The van der Waals surface area contributed by atoms with Gasteiger partial charge in [-0.15, -0.1) is 0 Å². The molecule has 2 N–H and O–H groups in total. The number of ether oxygens (including phenoxy) is 3. The number of aliphatic hydroxyl groups is 1. The molecule has 1 spiro atoms. The maximum Gasteiger partial charge on any atom is 0.306 e. The first kappa shape index (κ1) is 32.4. The average Bonchev–Trinajstić information content (AvgIpc) is 3.72. The number of nitrogens with one attached hydrogen (secondary N) is 1. The number of morpholine rings is 1. The molecule has 1 aromatic rings. The van der Waals surface area contributed by atoms with E-state index in [0.29, 0.717) is 39.1 Å². The van der Waals surface area contributed by atoms with Gasteiger partial charge in [0.2, 0.25) is 17.7 Å². The minimum atomic E-state index is -1.35. The number of carbonyl (C=O) groups is 4. The normalized spacial score (nSPS) is 33.6. The number of carbonyl (C=O) groups excluding carboxylic acids is 4. The van der Waals surface area contributed by atoms with Crippen molar-refractivity contribution < 1.29 is 38.5 Å². The smallest absolute Gasteiger partial charge is 0.306 e. The highest BCUT2D eigenvalue weighted by atomic mass is 16.5. The average molecular weight is 637 g/mol. The predicted molar refractivity (Wildman–Crippen MR) is 166 cm³/mol. The van der Waals surface area contributed by atoms with Gasteiger partial charge in [0.25, 0.3) is 0 Å². The van der Waals surface area contributed by atoms with Crippen LogP contribution in [-0.2, 0) is 33.4 Å². The first-order chi connectivity index (χ1) is 22.4. The molecular weight excluding hydrogens is 592 g/mol. The number of nitrogens with zero attached hydrogens (tertiary/aromatic N) is 3. The van der Waals surface area contributed by atoms with Gasteiger partial charge in [0.15, 0.2) is 0 Å². The number of hydrogen-bond donors (Lipinski definition) is 2. The summed E-state index contributed by atoms with van der Waals surface area (Å²) >= 11 is 0. The van der Waals surface area contributed by atoms with E-state index in [-0.39, 0.29) is 38.0 Å². The molecule has 0 saturated carbocycles. The van der Waals surface area contributed by atoms with E-state index in [2.05, 4.69) is 10.2 Å². The van der Waals surface area contributed by atoms with Crippen LogP contribution in [0.3, 0.4) is 0 Å². The summed E-state index contributed by atoms with van der Waals surface area (Å²) in [4.78, 5) is 61.4. The predicted octanol–water partition coefficient (Wildman–Crippen LogP) is 0.819. The van der Waals surface area contributed by atoms with E-state index < -0.39 is 53.5 Å². The van der Waals surface area contributed by atoms with Gasteiger partial charge in [-0.3, -0.25) is 24.1 Å². The van der Waals surface area contributed by atoms with Gasteiger partial charge in [0, 0.05) is 39.1 Å². The van der Waals surface area contributed by atoms with Crippen molar-refractivity contribution >= 4 is 23.7 Å². The lowest BCUT2D eigenvalue weighted by Crippen LogP contribution is -2.59. The Balaban J connectivity index is 1.37. The molecule has 12 nitrogen and oxygen atoms in total. The van der Waals surface area contributed by atoms with Crippen LogP contribution in [0.2, 0.25) is 0 Å². The second kappa shape index (κ2) is 14.0. The summed E-state index contributed by atoms with van der Waals surface area (Å²) in [5.74, 6) is -3.35. The molecule has 12 heteroatoms. The van der Waals surface area contributed by atoms with E-state index in [9.17, 15) is 24.3 Å². The van der Waals surface area contributed by atoms with E-state index in [1.54, 1.807) is 17.1 Å². The third-order valence-corrected chi connectivity index (χ3v) is 9.96. The molecule has 5 bridgehead atoms. The SMILES string of the molecule is CC[C@@H](CO)N1C(=O)[C@@H]2[C@H]3C(=O)N[C@@H](c4ccccc4)COC(=O)CC/C=C\CN(CCN4CCOCC4)C(=O)[C@@H]1[C@]21C=C[C@H]3O1. The molecule has 5 aliphatic heterocycles. The number of likely N-dealkylation sites (tertiary alicyclic amines) is 1. The third kappa shape index (κ3) is 6.11. The van der Waals surface area contributed by atoms with Crippen molar-refractivity contribution in [2.45, 2.75) is 56.0 Å². The van der Waals surface area contributed by atoms with Crippen molar-refractivity contribution in [1.29, 1.82) is 0 Å². The Labute approximate surface area is 269 Å². The van der Waals surface area contributed by atoms with Crippen molar-refractivity contribution in [1.82, 2.24) is 20.0 Å². The zero-order chi connectivity index (χ0) is 32.3. The van der Waals surface area contributed by atoms with E-state index >= 15 is 0 Å². The van der Waals surface area contributed by atoms with Crippen LogP contribution in [0.4, 0.5) is 0 Å². The molecule has 0 aromatic heterocycles. The molecule has 5 aliphatic rings. The molecule has 3 saturated heterocycles. The summed E-state index contributed by atoms with van der Waals surface area (Å²) in [6, 6.07) is 6.91. The number of aliphatic hydroxyl groups excluding tert-OH is 1. The molecule has 0 aliphatic carbocycles. The number of allylic oxidation sites excluding steroid dienone is 1. The van der Waals surface area contributed by atoms with Gasteiger partial charge >= 0.3 is 5.97 Å². The highest BCUT2D eigenvalue weighted by Gasteiger charge is 2.73. The maximum absolute atomic E-state index is 14.7. The maximum atomic E-state index is 14.7. The number of hydrogen-bond acceptors (Lipinski definition) is 9. The van der Waals surface area contributed by atoms with Gasteiger partial charge in [0.1, 0.15) is 18.2 Å². The Morgan fingerprint density at radius 1 is 1.04 bits per heavy atom. The standard InChI is InChI=1S/C34H44N4O8/c1-2-24(21-39)38-30-33(43)37(16-15-36-17-19-44-20-18-36)14-8-4-7-11-27(40)45-22-25(23-9-5-3-6-10-23)35-31(41)28-26-12-13-34(30,46-26)29(28)32(38)42/h3-6,8-10,12-13,24-26,28-30,39H,2,7,11,14-22H2,1H3,(H,35,41)/b8-4-/t24-,25+,26+,28-,29-,30+,34-/m0/s1. The van der Waals surface area contributed by atoms with E-state index in [1.807, 2.05) is 49.4 Å². The molecule has 3 amide bonds. The van der Waals surface area contributed by atoms with Crippen LogP contribution in [0.25, 0.3) is 0 Å². The van der Waals surface area contributed by atoms with E-state index in [0.717, 1.165) is 18.7 Å². The molecule has 7 atom stereocenters. The topological polar surface area (TPSA) is 138 Å². The number of amides is 3. The van der Waals surface area contributed by atoms with Crippen LogP contribution >= 0.6 is 0 Å². The van der Waals surface area contributed by atoms with Gasteiger partial charge in [-0.25, -0.2) is 0 Å². The lowest BCUT2D eigenvalue weighted by molar-refractivity contribution is -0.150. The number of cyclic esters (lactones) is 1. The molecule has 3 fully saturated rings. The molecule has 248 valence electrons. The third-order valence-electron chi connectivity index (χ3n) is 9.96. The highest BCUT2D eigenvalue weighted by molar-refractivity contribution is 6.00. The lowest BCUT2D eigenvalue weighted by atomic mass is 9.74. The van der Waals surface area contributed by atoms with Crippen LogP contribution < -0.4 is 5.32 Å². The number of rotatable bonds is 7. The van der Waals surface area contributed by atoms with Gasteiger partial charge in [-0.05, 0) is 18.4 Å². The molecular formula is C34H44N4O8. The summed E-state index contributed by atoms with van der Waals surface area (Å²) in [6.07, 6.45) is 7.59. The molecule has 46 heavy (non-hydrogen) atoms. The molecule has 5 heterocycles. The first-order valence-corrected chi connectivity index (χ1v) is 16.4. The Hall–Kier alpha value is -3.58. The Kier molecular flexibility index (Phi) is 9.88. The van der Waals surface area contributed by atoms with E-state index in [4.69, 9.17) is 14.2 Å². The van der Waals surface area contributed by atoms with Gasteiger partial charge in [0.05, 0.1) is 49.8 Å². The fourth-order valence-electron chi connectivity index (χ4n) is 7.49. The minimum absolute atomic E-state index is 0.0683. The Bertz CT molecular complexity index is 1340. The molecule has 6 rings (SSSR count). The zero-order valence-electron chi connectivity index (χ0n) is 26.3. The van der Waals surface area contributed by atoms with Gasteiger partial charge in [-0.2, -0.15) is 0 Å². The monoisotopic (exact) mass is 636 g/mol. The number of benzene rings is 1. The van der Waals surface area contributed by atoms with Crippen molar-refractivity contribution in [3.05, 3.63) is 60.2 Å². The van der Waals surface area contributed by atoms with Crippen LogP contribution in [-0.4, -0.2) is 126 Å². The van der Waals surface area contributed by atoms with Crippen molar-refractivity contribution in [2.75, 3.05) is 59.2 Å². The summed E-state index contributed by atoms with van der Waals surface area (Å²) < 4.78 is 17.6. The molecule has 0 radical (unpaired) electrons. The van der Waals surface area contributed by atoms with Crippen molar-refractivity contribution in [3.8, 4) is 0 Å². The fourth-order valence-corrected chi connectivity index (χ4v) is 7.49. The Morgan fingerprint density at radius 2 is 1.83 bits per heavy atom. The van der Waals surface area contributed by atoms with Crippen molar-refractivity contribution in [2.24, 2.45) is 11.8 Å². The van der Waals surface area contributed by atoms with Crippen molar-refractivity contribution in [3.63, 3.8) is 0 Å². The van der Waals surface area contributed by atoms with Crippen LogP contribution in [0.1, 0.15) is 37.8 Å². The number of fused-ring (bicyclic) bond motifs is 2. The van der Waals surface area contributed by atoms with E-state index in [1.165, 1.54) is 4.90 Å². The molecule has 0 unspecified atom stereocenters. The first-order valence-electron chi connectivity index (χ1n) is 16.4. The number of esters is 1. The minimum Gasteiger partial charge on any atom is -0.463 e. The Morgan fingerprint density at radius 3 is 2.57 bits per heavy atom. The summed E-state index contributed by atoms with van der Waals surface area (Å²) in [5, 5.41) is 13.4. The zero-order valence-corrected chi connectivity index (χ0v) is 26.3. The quantitative estimate of drug-likeness (QED) is 0.329. The summed E-state index contributed by atoms with van der Waals surface area (Å²) in [6.45, 7) is 5.53. The van der Waals surface area contributed by atoms with Crippen LogP contribution in [0.15, 0.2) is 54.6 Å². The largest absolute Gasteiger partial charge is 0.463 e. The fraction of sp³-hybridized carbons (Fsp3) is 0.588. The van der Waals surface area contributed by atoms with Gasteiger partial charge < -0.3 is 34.4 Å². The second-order valence-corrected chi connectivity index (χ2v) is 12.6. The lowest BCUT2D eigenvalue weighted by Gasteiger charge is -2.39. The van der Waals surface area contributed by atoms with Crippen LogP contribution in [0, 0.1) is 11.8 Å². The van der Waals surface area contributed by atoms with Crippen LogP contribution in [0.5, 0.6) is 0 Å². The summed E-state index contributed by atoms with van der Waals surface area (Å²) in [5.41, 5.74) is -0.599. The van der Waals surface area contributed by atoms with Gasteiger partial charge in [-0.1, -0.05) is 61.6 Å². The molecule has 1 aromatic carbocycles. The summed E-state index contributed by atoms with van der Waals surface area (Å²) in [7, 11) is 0.